The maximum atomic E-state index is 12.3. The highest BCUT2D eigenvalue weighted by Crippen LogP contribution is 2.34. The highest BCUT2D eigenvalue weighted by atomic mass is 32.1. The number of aryl methyl sites for hydroxylation is 3. The third kappa shape index (κ3) is 3.46. The quantitative estimate of drug-likeness (QED) is 0.722. The standard InChI is InChI=1S/C20H21N3OS/c1-11-6-8-16(9-7-11)18(24)21-20-23-22-19(25-20)17-14(4)12(2)10-13(3)15(17)5/h6-10H,1-5H3,(H,21,23,24). The molecule has 0 aliphatic carbocycles. The molecule has 3 rings (SSSR count). The average Bonchev–Trinajstić information content (AvgIpc) is 3.02. The second-order valence-corrected chi connectivity index (χ2v) is 7.35. The fourth-order valence-corrected chi connectivity index (χ4v) is 3.69. The largest absolute Gasteiger partial charge is 0.296 e. The van der Waals surface area contributed by atoms with Crippen molar-refractivity contribution in [2.45, 2.75) is 34.6 Å². The SMILES string of the molecule is Cc1ccc(C(=O)Nc2nnc(-c3c(C)c(C)cc(C)c3C)s2)cc1. The van der Waals surface area contributed by atoms with E-state index in [1.54, 1.807) is 0 Å². The Hall–Kier alpha value is -2.53. The summed E-state index contributed by atoms with van der Waals surface area (Å²) in [4.78, 5) is 12.3. The first kappa shape index (κ1) is 17.3. The lowest BCUT2D eigenvalue weighted by molar-refractivity contribution is 0.102. The van der Waals surface area contributed by atoms with E-state index in [0.29, 0.717) is 10.7 Å². The van der Waals surface area contributed by atoms with E-state index in [-0.39, 0.29) is 5.91 Å². The van der Waals surface area contributed by atoms with Crippen molar-refractivity contribution in [1.82, 2.24) is 10.2 Å². The second-order valence-electron chi connectivity index (χ2n) is 6.37. The van der Waals surface area contributed by atoms with Crippen LogP contribution in [-0.4, -0.2) is 16.1 Å². The van der Waals surface area contributed by atoms with Crippen LogP contribution in [0.4, 0.5) is 5.13 Å². The lowest BCUT2D eigenvalue weighted by atomic mass is 9.95. The summed E-state index contributed by atoms with van der Waals surface area (Å²) in [6, 6.07) is 9.65. The Labute approximate surface area is 151 Å². The van der Waals surface area contributed by atoms with Crippen LogP contribution >= 0.6 is 11.3 Å². The molecule has 5 heteroatoms. The van der Waals surface area contributed by atoms with Gasteiger partial charge < -0.3 is 0 Å². The molecule has 0 radical (unpaired) electrons. The van der Waals surface area contributed by atoms with Crippen molar-refractivity contribution in [3.05, 3.63) is 63.7 Å². The molecule has 0 saturated carbocycles. The summed E-state index contributed by atoms with van der Waals surface area (Å²) in [6.45, 7) is 10.4. The molecule has 1 heterocycles. The van der Waals surface area contributed by atoms with Crippen LogP contribution in [0.3, 0.4) is 0 Å². The number of anilines is 1. The van der Waals surface area contributed by atoms with Crippen LogP contribution in [0.5, 0.6) is 0 Å². The van der Waals surface area contributed by atoms with Gasteiger partial charge in [0.1, 0.15) is 5.01 Å². The Balaban J connectivity index is 1.89. The summed E-state index contributed by atoms with van der Waals surface area (Å²) in [5.41, 5.74) is 7.73. The lowest BCUT2D eigenvalue weighted by Crippen LogP contribution is -2.11. The highest BCUT2D eigenvalue weighted by Gasteiger charge is 2.16. The van der Waals surface area contributed by atoms with Gasteiger partial charge in [-0.15, -0.1) is 10.2 Å². The number of hydrogen-bond donors (Lipinski definition) is 1. The Morgan fingerprint density at radius 1 is 0.920 bits per heavy atom. The molecular weight excluding hydrogens is 330 g/mol. The Morgan fingerprint density at radius 3 is 2.12 bits per heavy atom. The van der Waals surface area contributed by atoms with Crippen LogP contribution in [0, 0.1) is 34.6 Å². The summed E-state index contributed by atoms with van der Waals surface area (Å²) >= 11 is 1.40. The van der Waals surface area contributed by atoms with E-state index in [1.165, 1.54) is 33.6 Å². The van der Waals surface area contributed by atoms with Gasteiger partial charge in [0.25, 0.3) is 5.91 Å². The van der Waals surface area contributed by atoms with Gasteiger partial charge in [0.2, 0.25) is 5.13 Å². The van der Waals surface area contributed by atoms with Crippen molar-refractivity contribution in [1.29, 1.82) is 0 Å². The maximum Gasteiger partial charge on any atom is 0.257 e. The molecule has 0 aliphatic heterocycles. The minimum absolute atomic E-state index is 0.170. The van der Waals surface area contributed by atoms with E-state index >= 15 is 0 Å². The van der Waals surface area contributed by atoms with Crippen molar-refractivity contribution in [3.8, 4) is 10.6 Å². The second kappa shape index (κ2) is 6.76. The molecule has 0 fully saturated rings. The molecule has 128 valence electrons. The summed E-state index contributed by atoms with van der Waals surface area (Å²) in [6.07, 6.45) is 0. The molecule has 0 spiro atoms. The van der Waals surface area contributed by atoms with Crippen molar-refractivity contribution >= 4 is 22.4 Å². The minimum Gasteiger partial charge on any atom is -0.296 e. The molecule has 1 amide bonds. The molecule has 0 atom stereocenters. The summed E-state index contributed by atoms with van der Waals surface area (Å²) in [5, 5.41) is 12.6. The van der Waals surface area contributed by atoms with Crippen LogP contribution in [0.25, 0.3) is 10.6 Å². The van der Waals surface area contributed by atoms with Crippen molar-refractivity contribution < 1.29 is 4.79 Å². The van der Waals surface area contributed by atoms with Gasteiger partial charge >= 0.3 is 0 Å². The van der Waals surface area contributed by atoms with E-state index in [2.05, 4.69) is 49.3 Å². The number of carbonyl (C=O) groups excluding carboxylic acids is 1. The maximum absolute atomic E-state index is 12.3. The molecule has 4 nitrogen and oxygen atoms in total. The van der Waals surface area contributed by atoms with E-state index < -0.39 is 0 Å². The fraction of sp³-hybridized carbons (Fsp3) is 0.250. The van der Waals surface area contributed by atoms with Gasteiger partial charge in [-0.1, -0.05) is 35.1 Å². The molecule has 1 N–H and O–H groups in total. The Bertz CT molecular complexity index is 916. The van der Waals surface area contributed by atoms with Crippen molar-refractivity contribution in [2.24, 2.45) is 0 Å². The Morgan fingerprint density at radius 2 is 1.52 bits per heavy atom. The first-order chi connectivity index (χ1) is 11.9. The highest BCUT2D eigenvalue weighted by molar-refractivity contribution is 7.18. The Kier molecular flexibility index (Phi) is 4.68. The average molecular weight is 351 g/mol. The van der Waals surface area contributed by atoms with Gasteiger partial charge in [-0.3, -0.25) is 10.1 Å². The molecule has 1 aromatic heterocycles. The zero-order chi connectivity index (χ0) is 18.1. The monoisotopic (exact) mass is 351 g/mol. The number of benzene rings is 2. The normalized spacial score (nSPS) is 10.8. The summed E-state index contributed by atoms with van der Waals surface area (Å²) in [5.74, 6) is -0.170. The zero-order valence-corrected chi connectivity index (χ0v) is 15.9. The predicted molar refractivity (Wildman–Crippen MR) is 103 cm³/mol. The zero-order valence-electron chi connectivity index (χ0n) is 15.1. The van der Waals surface area contributed by atoms with Gasteiger partial charge in [-0.25, -0.2) is 0 Å². The van der Waals surface area contributed by atoms with Crippen LogP contribution < -0.4 is 5.32 Å². The molecule has 0 saturated heterocycles. The summed E-state index contributed by atoms with van der Waals surface area (Å²) < 4.78 is 0. The third-order valence-corrected chi connectivity index (χ3v) is 5.40. The molecule has 0 bridgehead atoms. The van der Waals surface area contributed by atoms with Gasteiger partial charge in [0, 0.05) is 11.1 Å². The van der Waals surface area contributed by atoms with E-state index in [0.717, 1.165) is 16.1 Å². The smallest absolute Gasteiger partial charge is 0.257 e. The fourth-order valence-electron chi connectivity index (χ4n) is 2.79. The molecular formula is C20H21N3OS. The first-order valence-electron chi connectivity index (χ1n) is 8.16. The molecule has 2 aromatic carbocycles. The van der Waals surface area contributed by atoms with Gasteiger partial charge in [0.15, 0.2) is 0 Å². The molecule has 0 aliphatic rings. The number of rotatable bonds is 3. The van der Waals surface area contributed by atoms with Crippen LogP contribution in [0.2, 0.25) is 0 Å². The van der Waals surface area contributed by atoms with Crippen LogP contribution in [0.1, 0.15) is 38.2 Å². The van der Waals surface area contributed by atoms with Crippen molar-refractivity contribution in [2.75, 3.05) is 5.32 Å². The number of amides is 1. The van der Waals surface area contributed by atoms with Gasteiger partial charge in [-0.2, -0.15) is 0 Å². The van der Waals surface area contributed by atoms with E-state index in [4.69, 9.17) is 0 Å². The molecule has 0 unspecified atom stereocenters. The van der Waals surface area contributed by atoms with Gasteiger partial charge in [-0.05, 0) is 69.0 Å². The third-order valence-electron chi connectivity index (χ3n) is 4.54. The molecule has 25 heavy (non-hydrogen) atoms. The number of aromatic nitrogens is 2. The van der Waals surface area contributed by atoms with Crippen LogP contribution in [0.15, 0.2) is 30.3 Å². The number of hydrogen-bond acceptors (Lipinski definition) is 4. The number of nitrogens with zero attached hydrogens (tertiary/aromatic N) is 2. The van der Waals surface area contributed by atoms with Crippen molar-refractivity contribution in [3.63, 3.8) is 0 Å². The number of carbonyl (C=O) groups is 1. The predicted octanol–water partition coefficient (Wildman–Crippen LogP) is 5.00. The first-order valence-corrected chi connectivity index (χ1v) is 8.97. The van der Waals surface area contributed by atoms with Gasteiger partial charge in [0.05, 0.1) is 0 Å². The van der Waals surface area contributed by atoms with E-state index in [1.807, 2.05) is 31.2 Å². The minimum atomic E-state index is -0.170. The van der Waals surface area contributed by atoms with Crippen LogP contribution in [-0.2, 0) is 0 Å². The van der Waals surface area contributed by atoms with E-state index in [9.17, 15) is 4.79 Å². The lowest BCUT2D eigenvalue weighted by Gasteiger charge is -2.12. The topological polar surface area (TPSA) is 54.9 Å². The summed E-state index contributed by atoms with van der Waals surface area (Å²) in [7, 11) is 0. The number of nitrogens with one attached hydrogen (secondary N) is 1. The molecule has 3 aromatic rings.